The average molecular weight is 247 g/mol. The van der Waals surface area contributed by atoms with Crippen LogP contribution in [-0.4, -0.2) is 17.1 Å². The average Bonchev–Trinajstić information content (AvgIpc) is 2.33. The molecule has 4 nitrogen and oxygen atoms in total. The van der Waals surface area contributed by atoms with E-state index in [-0.39, 0.29) is 5.82 Å². The molecule has 0 aliphatic heterocycles. The number of aryl methyl sites for hydroxylation is 2. The van der Waals surface area contributed by atoms with Crippen LogP contribution in [0.15, 0.2) is 18.2 Å². The van der Waals surface area contributed by atoms with Crippen molar-refractivity contribution >= 4 is 5.69 Å². The number of anilines is 1. The SMILES string of the molecule is COc1ccc(F)cc1-c1nc(C)nc(C)c1N. The molecule has 0 fully saturated rings. The fourth-order valence-corrected chi connectivity index (χ4v) is 1.79. The smallest absolute Gasteiger partial charge is 0.128 e. The topological polar surface area (TPSA) is 61.0 Å². The number of rotatable bonds is 2. The number of nitrogens with two attached hydrogens (primary N) is 1. The molecule has 1 heterocycles. The second-order valence-electron chi connectivity index (χ2n) is 3.96. The molecule has 0 bridgehead atoms. The van der Waals surface area contributed by atoms with Crippen LogP contribution in [0, 0.1) is 19.7 Å². The number of nitrogen functional groups attached to an aromatic ring is 1. The number of halogens is 1. The van der Waals surface area contributed by atoms with Gasteiger partial charge in [0, 0.05) is 5.56 Å². The predicted molar refractivity (Wildman–Crippen MR) is 67.9 cm³/mol. The van der Waals surface area contributed by atoms with Crippen LogP contribution in [0.1, 0.15) is 11.5 Å². The van der Waals surface area contributed by atoms with Crippen LogP contribution < -0.4 is 10.5 Å². The zero-order chi connectivity index (χ0) is 13.3. The van der Waals surface area contributed by atoms with Crippen LogP contribution >= 0.6 is 0 Å². The monoisotopic (exact) mass is 247 g/mol. The highest BCUT2D eigenvalue weighted by Crippen LogP contribution is 2.33. The van der Waals surface area contributed by atoms with E-state index >= 15 is 0 Å². The van der Waals surface area contributed by atoms with Gasteiger partial charge in [0.2, 0.25) is 0 Å². The van der Waals surface area contributed by atoms with E-state index in [4.69, 9.17) is 10.5 Å². The summed E-state index contributed by atoms with van der Waals surface area (Å²) in [6, 6.07) is 4.24. The summed E-state index contributed by atoms with van der Waals surface area (Å²) in [6.45, 7) is 3.56. The van der Waals surface area contributed by atoms with Gasteiger partial charge in [-0.1, -0.05) is 0 Å². The summed E-state index contributed by atoms with van der Waals surface area (Å²) < 4.78 is 18.6. The Bertz CT molecular complexity index is 599. The summed E-state index contributed by atoms with van der Waals surface area (Å²) >= 11 is 0. The van der Waals surface area contributed by atoms with Gasteiger partial charge in [-0.05, 0) is 32.0 Å². The van der Waals surface area contributed by atoms with Crippen molar-refractivity contribution in [2.24, 2.45) is 0 Å². The highest BCUT2D eigenvalue weighted by atomic mass is 19.1. The van der Waals surface area contributed by atoms with Crippen molar-refractivity contribution in [1.82, 2.24) is 9.97 Å². The molecule has 0 saturated carbocycles. The lowest BCUT2D eigenvalue weighted by Gasteiger charge is -2.12. The number of ether oxygens (including phenoxy) is 1. The first-order chi connectivity index (χ1) is 8.52. The lowest BCUT2D eigenvalue weighted by Crippen LogP contribution is -2.03. The van der Waals surface area contributed by atoms with E-state index in [0.29, 0.717) is 34.2 Å². The molecule has 18 heavy (non-hydrogen) atoms. The third-order valence-corrected chi connectivity index (χ3v) is 2.66. The van der Waals surface area contributed by atoms with Gasteiger partial charge in [0.05, 0.1) is 18.5 Å². The predicted octanol–water partition coefficient (Wildman–Crippen LogP) is 2.49. The first kappa shape index (κ1) is 12.3. The molecular weight excluding hydrogens is 233 g/mol. The molecule has 2 rings (SSSR count). The van der Waals surface area contributed by atoms with Crippen molar-refractivity contribution in [2.75, 3.05) is 12.8 Å². The van der Waals surface area contributed by atoms with Crippen molar-refractivity contribution < 1.29 is 9.13 Å². The van der Waals surface area contributed by atoms with E-state index in [2.05, 4.69) is 9.97 Å². The Morgan fingerprint density at radius 3 is 2.61 bits per heavy atom. The third-order valence-electron chi connectivity index (χ3n) is 2.66. The van der Waals surface area contributed by atoms with E-state index in [1.807, 2.05) is 0 Å². The summed E-state index contributed by atoms with van der Waals surface area (Å²) in [7, 11) is 1.52. The molecule has 0 amide bonds. The van der Waals surface area contributed by atoms with Crippen LogP contribution in [0.2, 0.25) is 0 Å². The van der Waals surface area contributed by atoms with E-state index in [1.165, 1.54) is 19.2 Å². The zero-order valence-corrected chi connectivity index (χ0v) is 10.5. The number of aromatic nitrogens is 2. The standard InChI is InChI=1S/C13H14FN3O/c1-7-12(15)13(17-8(2)16-7)10-6-9(14)4-5-11(10)18-3/h4-6H,15H2,1-3H3. The Morgan fingerprint density at radius 1 is 1.22 bits per heavy atom. The molecule has 2 aromatic rings. The number of methoxy groups -OCH3 is 1. The van der Waals surface area contributed by atoms with Crippen molar-refractivity contribution in [1.29, 1.82) is 0 Å². The Hall–Kier alpha value is -2.17. The Morgan fingerprint density at radius 2 is 1.94 bits per heavy atom. The van der Waals surface area contributed by atoms with E-state index in [9.17, 15) is 4.39 Å². The molecule has 0 radical (unpaired) electrons. The maximum Gasteiger partial charge on any atom is 0.128 e. The normalized spacial score (nSPS) is 10.4. The lowest BCUT2D eigenvalue weighted by molar-refractivity contribution is 0.415. The Labute approximate surface area is 105 Å². The Balaban J connectivity index is 2.72. The maximum absolute atomic E-state index is 13.4. The van der Waals surface area contributed by atoms with Gasteiger partial charge in [-0.2, -0.15) is 0 Å². The third kappa shape index (κ3) is 2.11. The van der Waals surface area contributed by atoms with E-state index < -0.39 is 0 Å². The van der Waals surface area contributed by atoms with Gasteiger partial charge in [-0.15, -0.1) is 0 Å². The van der Waals surface area contributed by atoms with Gasteiger partial charge in [-0.25, -0.2) is 14.4 Å². The Kier molecular flexibility index (Phi) is 3.14. The van der Waals surface area contributed by atoms with Gasteiger partial charge in [0.1, 0.15) is 23.1 Å². The summed E-state index contributed by atoms with van der Waals surface area (Å²) in [6.07, 6.45) is 0. The van der Waals surface area contributed by atoms with Crippen molar-refractivity contribution in [3.8, 4) is 17.0 Å². The molecule has 1 aromatic carbocycles. The molecule has 0 spiro atoms. The minimum absolute atomic E-state index is 0.362. The minimum Gasteiger partial charge on any atom is -0.496 e. The molecule has 0 saturated heterocycles. The first-order valence-electron chi connectivity index (χ1n) is 5.47. The van der Waals surface area contributed by atoms with Crippen LogP contribution in [0.3, 0.4) is 0 Å². The van der Waals surface area contributed by atoms with Crippen molar-refractivity contribution in [3.05, 3.63) is 35.5 Å². The van der Waals surface area contributed by atoms with Crippen molar-refractivity contribution in [3.63, 3.8) is 0 Å². The quantitative estimate of drug-likeness (QED) is 0.885. The molecule has 2 N–H and O–H groups in total. The highest BCUT2D eigenvalue weighted by Gasteiger charge is 2.14. The largest absolute Gasteiger partial charge is 0.496 e. The van der Waals surface area contributed by atoms with E-state index in [1.54, 1.807) is 19.9 Å². The minimum atomic E-state index is -0.362. The highest BCUT2D eigenvalue weighted by molar-refractivity contribution is 5.78. The molecule has 94 valence electrons. The first-order valence-corrected chi connectivity index (χ1v) is 5.47. The fourth-order valence-electron chi connectivity index (χ4n) is 1.79. The number of benzene rings is 1. The van der Waals surface area contributed by atoms with E-state index in [0.717, 1.165) is 0 Å². The number of hydrogen-bond donors (Lipinski definition) is 1. The van der Waals surface area contributed by atoms with Gasteiger partial charge in [0.15, 0.2) is 0 Å². The van der Waals surface area contributed by atoms with Gasteiger partial charge >= 0.3 is 0 Å². The summed E-state index contributed by atoms with van der Waals surface area (Å²) in [5.41, 5.74) is 8.09. The number of hydrogen-bond acceptors (Lipinski definition) is 4. The molecule has 1 aromatic heterocycles. The van der Waals surface area contributed by atoms with Crippen molar-refractivity contribution in [2.45, 2.75) is 13.8 Å². The van der Waals surface area contributed by atoms with Gasteiger partial charge in [0.25, 0.3) is 0 Å². The van der Waals surface area contributed by atoms with Crippen LogP contribution in [0.5, 0.6) is 5.75 Å². The van der Waals surface area contributed by atoms with Crippen LogP contribution in [0.4, 0.5) is 10.1 Å². The molecular formula is C13H14FN3O. The van der Waals surface area contributed by atoms with Crippen LogP contribution in [-0.2, 0) is 0 Å². The lowest BCUT2D eigenvalue weighted by atomic mass is 10.1. The molecule has 0 unspecified atom stereocenters. The fraction of sp³-hybridized carbons (Fsp3) is 0.231. The number of nitrogens with zero attached hydrogens (tertiary/aromatic N) is 2. The second kappa shape index (κ2) is 4.60. The summed E-state index contributed by atoms with van der Waals surface area (Å²) in [5, 5.41) is 0. The summed E-state index contributed by atoms with van der Waals surface area (Å²) in [4.78, 5) is 8.44. The maximum atomic E-state index is 13.4. The second-order valence-corrected chi connectivity index (χ2v) is 3.96. The zero-order valence-electron chi connectivity index (χ0n) is 10.5. The van der Waals surface area contributed by atoms with Gasteiger partial charge < -0.3 is 10.5 Å². The van der Waals surface area contributed by atoms with Gasteiger partial charge in [-0.3, -0.25) is 0 Å². The molecule has 0 aliphatic rings. The summed E-state index contributed by atoms with van der Waals surface area (Å²) in [5.74, 6) is 0.753. The molecule has 0 aliphatic carbocycles. The molecule has 5 heteroatoms. The van der Waals surface area contributed by atoms with Crippen LogP contribution in [0.25, 0.3) is 11.3 Å². The molecule has 0 atom stereocenters.